The molecule has 0 aliphatic heterocycles. The first-order valence-electron chi connectivity index (χ1n) is 5.86. The third kappa shape index (κ3) is 3.23. The van der Waals surface area contributed by atoms with Crippen molar-refractivity contribution >= 4 is 11.9 Å². The number of carbonyl (C=O) groups is 2. The van der Waals surface area contributed by atoms with Crippen molar-refractivity contribution in [3.05, 3.63) is 29.8 Å². The molecule has 0 saturated heterocycles. The number of amides is 1. The number of phenols is 1. The highest BCUT2D eigenvalue weighted by molar-refractivity contribution is 5.96. The van der Waals surface area contributed by atoms with Crippen LogP contribution in [0, 0.1) is 5.92 Å². The van der Waals surface area contributed by atoms with Crippen LogP contribution in [0.3, 0.4) is 0 Å². The number of nitrogens with zero attached hydrogens (tertiary/aromatic N) is 1. The minimum absolute atomic E-state index is 0.00236. The molecule has 0 aromatic heterocycles. The van der Waals surface area contributed by atoms with Gasteiger partial charge in [0.15, 0.2) is 0 Å². The van der Waals surface area contributed by atoms with Crippen LogP contribution in [-0.2, 0) is 4.79 Å². The lowest BCUT2D eigenvalue weighted by atomic mass is 10.2. The molecule has 0 unspecified atom stereocenters. The van der Waals surface area contributed by atoms with Gasteiger partial charge in [-0.05, 0) is 37.0 Å². The number of carbonyl (C=O) groups excluding carboxylic acids is 1. The number of carboxylic acids is 1. The van der Waals surface area contributed by atoms with Gasteiger partial charge in [0, 0.05) is 12.1 Å². The molecule has 2 N–H and O–H groups in total. The van der Waals surface area contributed by atoms with E-state index in [1.807, 2.05) is 0 Å². The Morgan fingerprint density at radius 3 is 2.61 bits per heavy atom. The van der Waals surface area contributed by atoms with E-state index in [-0.39, 0.29) is 18.2 Å². The summed E-state index contributed by atoms with van der Waals surface area (Å²) in [5, 5.41) is 18.2. The number of phenolic OH excluding ortho intramolecular Hbond substituents is 1. The minimum atomic E-state index is -1.02. The summed E-state index contributed by atoms with van der Waals surface area (Å²) in [6.45, 7) is 0.172. The maximum Gasteiger partial charge on any atom is 0.323 e. The summed E-state index contributed by atoms with van der Waals surface area (Å²) >= 11 is 0. The highest BCUT2D eigenvalue weighted by Gasteiger charge is 2.28. The first-order chi connectivity index (χ1) is 8.56. The van der Waals surface area contributed by atoms with E-state index in [0.717, 1.165) is 12.8 Å². The number of aliphatic carboxylic acids is 1. The molecule has 0 bridgehead atoms. The summed E-state index contributed by atoms with van der Waals surface area (Å²) < 4.78 is 0. The maximum atomic E-state index is 12.1. The average Bonchev–Trinajstić information content (AvgIpc) is 3.10. The number of rotatable bonds is 5. The molecule has 1 saturated carbocycles. The molecule has 1 aromatic rings. The molecule has 96 valence electrons. The van der Waals surface area contributed by atoms with Crippen LogP contribution in [-0.4, -0.2) is 40.1 Å². The Morgan fingerprint density at radius 2 is 2.06 bits per heavy atom. The van der Waals surface area contributed by atoms with E-state index in [0.29, 0.717) is 18.0 Å². The van der Waals surface area contributed by atoms with Gasteiger partial charge in [0.2, 0.25) is 0 Å². The van der Waals surface area contributed by atoms with Gasteiger partial charge in [0.25, 0.3) is 5.91 Å². The van der Waals surface area contributed by atoms with Gasteiger partial charge in [-0.2, -0.15) is 0 Å². The van der Waals surface area contributed by atoms with Crippen molar-refractivity contribution < 1.29 is 19.8 Å². The second kappa shape index (κ2) is 5.08. The fraction of sp³-hybridized carbons (Fsp3) is 0.385. The highest BCUT2D eigenvalue weighted by atomic mass is 16.4. The molecule has 0 heterocycles. The SMILES string of the molecule is O=C(O)CN(CC1CC1)C(=O)c1cccc(O)c1. The van der Waals surface area contributed by atoms with Gasteiger partial charge < -0.3 is 15.1 Å². The highest BCUT2D eigenvalue weighted by Crippen LogP contribution is 2.30. The molecule has 1 aromatic carbocycles. The molecule has 1 aliphatic carbocycles. The van der Waals surface area contributed by atoms with Gasteiger partial charge >= 0.3 is 5.97 Å². The smallest absolute Gasteiger partial charge is 0.323 e. The molecule has 1 aliphatic rings. The molecule has 1 amide bonds. The van der Waals surface area contributed by atoms with Crippen LogP contribution in [0.5, 0.6) is 5.75 Å². The average molecular weight is 249 g/mol. The molecular weight excluding hydrogens is 234 g/mol. The monoisotopic (exact) mass is 249 g/mol. The molecule has 1 fully saturated rings. The van der Waals surface area contributed by atoms with Gasteiger partial charge in [-0.15, -0.1) is 0 Å². The maximum absolute atomic E-state index is 12.1. The van der Waals surface area contributed by atoms with Crippen molar-refractivity contribution in [3.63, 3.8) is 0 Å². The lowest BCUT2D eigenvalue weighted by Crippen LogP contribution is -2.37. The van der Waals surface area contributed by atoms with Crippen molar-refractivity contribution in [1.29, 1.82) is 0 Å². The minimum Gasteiger partial charge on any atom is -0.508 e. The van der Waals surface area contributed by atoms with Crippen molar-refractivity contribution in [2.24, 2.45) is 5.92 Å². The van der Waals surface area contributed by atoms with Crippen molar-refractivity contribution in [3.8, 4) is 5.75 Å². The predicted molar refractivity (Wildman–Crippen MR) is 64.4 cm³/mol. The van der Waals surface area contributed by atoms with Gasteiger partial charge in [0.05, 0.1) is 0 Å². The second-order valence-corrected chi connectivity index (χ2v) is 4.57. The Labute approximate surface area is 105 Å². The Hall–Kier alpha value is -2.04. The van der Waals surface area contributed by atoms with Crippen molar-refractivity contribution in [2.45, 2.75) is 12.8 Å². The summed E-state index contributed by atoms with van der Waals surface area (Å²) in [6, 6.07) is 5.96. The lowest BCUT2D eigenvalue weighted by Gasteiger charge is -2.20. The van der Waals surface area contributed by atoms with Gasteiger partial charge in [-0.1, -0.05) is 6.07 Å². The summed E-state index contributed by atoms with van der Waals surface area (Å²) in [6.07, 6.45) is 2.09. The Balaban J connectivity index is 2.12. The number of aromatic hydroxyl groups is 1. The zero-order chi connectivity index (χ0) is 13.1. The third-order valence-corrected chi connectivity index (χ3v) is 2.88. The van der Waals surface area contributed by atoms with E-state index in [9.17, 15) is 14.7 Å². The predicted octanol–water partition coefficient (Wildman–Crippen LogP) is 1.33. The van der Waals surface area contributed by atoms with E-state index in [1.54, 1.807) is 12.1 Å². The third-order valence-electron chi connectivity index (χ3n) is 2.88. The summed E-state index contributed by atoms with van der Waals surface area (Å²) in [5.41, 5.74) is 0.317. The lowest BCUT2D eigenvalue weighted by molar-refractivity contribution is -0.137. The Bertz CT molecular complexity index is 468. The molecule has 0 atom stereocenters. The molecule has 0 spiro atoms. The van der Waals surface area contributed by atoms with E-state index in [2.05, 4.69) is 0 Å². The number of carboxylic acid groups (broad SMARTS) is 1. The van der Waals surface area contributed by atoms with Gasteiger partial charge in [-0.25, -0.2) is 0 Å². The van der Waals surface area contributed by atoms with E-state index < -0.39 is 5.97 Å². The topological polar surface area (TPSA) is 77.8 Å². The van der Waals surface area contributed by atoms with Crippen LogP contribution in [0.4, 0.5) is 0 Å². The van der Waals surface area contributed by atoms with Crippen molar-refractivity contribution in [2.75, 3.05) is 13.1 Å². The van der Waals surface area contributed by atoms with E-state index in [1.165, 1.54) is 17.0 Å². The molecule has 5 nitrogen and oxygen atoms in total. The van der Waals surface area contributed by atoms with Crippen LogP contribution < -0.4 is 0 Å². The van der Waals surface area contributed by atoms with Gasteiger partial charge in [-0.3, -0.25) is 9.59 Å². The number of hydrogen-bond donors (Lipinski definition) is 2. The zero-order valence-corrected chi connectivity index (χ0v) is 9.87. The molecule has 18 heavy (non-hydrogen) atoms. The molecule has 2 rings (SSSR count). The Kier molecular flexibility index (Phi) is 3.50. The van der Waals surface area contributed by atoms with Crippen LogP contribution in [0.2, 0.25) is 0 Å². The second-order valence-electron chi connectivity index (χ2n) is 4.57. The normalized spacial score (nSPS) is 14.2. The Morgan fingerprint density at radius 1 is 1.33 bits per heavy atom. The van der Waals surface area contributed by atoms with Crippen LogP contribution >= 0.6 is 0 Å². The van der Waals surface area contributed by atoms with Crippen LogP contribution in [0.15, 0.2) is 24.3 Å². The summed E-state index contributed by atoms with van der Waals surface area (Å²) in [5.74, 6) is -0.947. The summed E-state index contributed by atoms with van der Waals surface area (Å²) in [7, 11) is 0. The van der Waals surface area contributed by atoms with Gasteiger partial charge in [0.1, 0.15) is 12.3 Å². The first-order valence-corrected chi connectivity index (χ1v) is 5.86. The fourth-order valence-corrected chi connectivity index (χ4v) is 1.82. The van der Waals surface area contributed by atoms with Crippen LogP contribution in [0.25, 0.3) is 0 Å². The number of hydrogen-bond acceptors (Lipinski definition) is 3. The van der Waals surface area contributed by atoms with E-state index >= 15 is 0 Å². The number of benzene rings is 1. The molecular formula is C13H15NO4. The van der Waals surface area contributed by atoms with Crippen LogP contribution in [0.1, 0.15) is 23.2 Å². The molecule has 0 radical (unpaired) electrons. The largest absolute Gasteiger partial charge is 0.508 e. The van der Waals surface area contributed by atoms with Crippen molar-refractivity contribution in [1.82, 2.24) is 4.90 Å². The zero-order valence-electron chi connectivity index (χ0n) is 9.87. The van der Waals surface area contributed by atoms with E-state index in [4.69, 9.17) is 5.11 Å². The first kappa shape index (κ1) is 12.4. The standard InChI is InChI=1S/C13H15NO4/c15-11-3-1-2-10(6-11)13(18)14(8-12(16)17)7-9-4-5-9/h1-3,6,9,15H,4-5,7-8H2,(H,16,17). The fourth-order valence-electron chi connectivity index (χ4n) is 1.82. The summed E-state index contributed by atoms with van der Waals surface area (Å²) in [4.78, 5) is 24.2. The quantitative estimate of drug-likeness (QED) is 0.825. The molecule has 5 heteroatoms.